The molecule has 0 aliphatic heterocycles. The minimum absolute atomic E-state index is 0.174. The Morgan fingerprint density at radius 3 is 2.56 bits per heavy atom. The first-order chi connectivity index (χ1) is 12.0. The number of carbonyl (C=O) groups is 2. The molecule has 0 fully saturated rings. The van der Waals surface area contributed by atoms with Gasteiger partial charge in [-0.3, -0.25) is 9.59 Å². The van der Waals surface area contributed by atoms with Crippen molar-refractivity contribution in [2.75, 3.05) is 5.32 Å². The first-order valence-electron chi connectivity index (χ1n) is 7.25. The molecular weight excluding hydrogens is 344 g/mol. The molecule has 0 unspecified atom stereocenters. The van der Waals surface area contributed by atoms with Crippen LogP contribution in [-0.4, -0.2) is 32.0 Å². The fraction of sp³-hybridized carbons (Fsp3) is 0.0625. The number of anilines is 1. The van der Waals surface area contributed by atoms with Crippen LogP contribution in [0.25, 0.3) is 11.4 Å². The highest BCUT2D eigenvalue weighted by atomic mass is 35.5. The molecule has 0 saturated heterocycles. The lowest BCUT2D eigenvalue weighted by atomic mass is 10.1. The maximum Gasteiger partial charge on any atom is 0.255 e. The largest absolute Gasteiger partial charge is 0.368 e. The van der Waals surface area contributed by atoms with Gasteiger partial charge in [-0.05, 0) is 41.6 Å². The predicted molar refractivity (Wildman–Crippen MR) is 91.9 cm³/mol. The number of rotatable bonds is 5. The normalized spacial score (nSPS) is 10.4. The molecule has 0 aliphatic carbocycles. The molecular formula is C16H13ClN6O2. The van der Waals surface area contributed by atoms with E-state index in [9.17, 15) is 9.59 Å². The third kappa shape index (κ3) is 3.99. The van der Waals surface area contributed by atoms with Gasteiger partial charge in [0.25, 0.3) is 5.91 Å². The van der Waals surface area contributed by atoms with Crippen LogP contribution >= 0.6 is 11.6 Å². The van der Waals surface area contributed by atoms with E-state index in [1.807, 2.05) is 0 Å². The Morgan fingerprint density at radius 1 is 1.12 bits per heavy atom. The molecule has 1 heterocycles. The minimum atomic E-state index is -0.576. The summed E-state index contributed by atoms with van der Waals surface area (Å²) in [5.74, 6) is -0.602. The zero-order chi connectivity index (χ0) is 17.8. The number of carbonyl (C=O) groups excluding carboxylic acids is 2. The van der Waals surface area contributed by atoms with Crippen LogP contribution in [0.5, 0.6) is 0 Å². The van der Waals surface area contributed by atoms with Crippen LogP contribution in [0.2, 0.25) is 5.02 Å². The summed E-state index contributed by atoms with van der Waals surface area (Å²) in [6, 6.07) is 13.5. The number of para-hydroxylation sites is 1. The average molecular weight is 357 g/mol. The van der Waals surface area contributed by atoms with Gasteiger partial charge < -0.3 is 11.1 Å². The van der Waals surface area contributed by atoms with E-state index in [4.69, 9.17) is 17.3 Å². The van der Waals surface area contributed by atoms with Crippen LogP contribution in [0.4, 0.5) is 5.69 Å². The van der Waals surface area contributed by atoms with E-state index in [1.165, 1.54) is 0 Å². The summed E-state index contributed by atoms with van der Waals surface area (Å²) in [7, 11) is 0. The Balaban J connectivity index is 1.86. The van der Waals surface area contributed by atoms with E-state index in [0.29, 0.717) is 21.8 Å². The van der Waals surface area contributed by atoms with E-state index < -0.39 is 5.91 Å². The molecule has 0 spiro atoms. The maximum atomic E-state index is 12.4. The lowest BCUT2D eigenvalue weighted by molar-refractivity contribution is -0.118. The number of benzene rings is 2. The Morgan fingerprint density at radius 2 is 1.84 bits per heavy atom. The van der Waals surface area contributed by atoms with Gasteiger partial charge in [0.15, 0.2) is 0 Å². The van der Waals surface area contributed by atoms with Crippen molar-refractivity contribution in [1.82, 2.24) is 20.2 Å². The quantitative estimate of drug-likeness (QED) is 0.722. The van der Waals surface area contributed by atoms with E-state index in [-0.39, 0.29) is 18.3 Å². The molecule has 9 heteroatoms. The second kappa shape index (κ2) is 7.10. The zero-order valence-corrected chi connectivity index (χ0v) is 13.6. The highest BCUT2D eigenvalue weighted by Gasteiger charge is 2.14. The predicted octanol–water partition coefficient (Wildman–Crippen LogP) is 1.73. The number of hydrogen-bond donors (Lipinski definition) is 2. The maximum absolute atomic E-state index is 12.4. The standard InChI is InChI=1S/C16H13ClN6O2/c17-11-7-5-10(6-8-11)16(25)19-13-4-2-1-3-12(13)15-20-22-23(21-15)9-14(18)24/h1-8H,9H2,(H2,18,24)(H,19,25). The number of nitrogens with zero attached hydrogens (tertiary/aromatic N) is 4. The van der Waals surface area contributed by atoms with E-state index in [1.54, 1.807) is 48.5 Å². The Kier molecular flexibility index (Phi) is 4.71. The summed E-state index contributed by atoms with van der Waals surface area (Å²) in [4.78, 5) is 24.4. The van der Waals surface area contributed by atoms with E-state index in [0.717, 1.165) is 4.80 Å². The second-order valence-corrected chi connectivity index (χ2v) is 5.55. The average Bonchev–Trinajstić information content (AvgIpc) is 3.03. The van der Waals surface area contributed by atoms with Gasteiger partial charge in [-0.25, -0.2) is 0 Å². The topological polar surface area (TPSA) is 116 Å². The smallest absolute Gasteiger partial charge is 0.255 e. The van der Waals surface area contributed by atoms with Crippen LogP contribution in [0.1, 0.15) is 10.4 Å². The molecule has 0 radical (unpaired) electrons. The summed E-state index contributed by atoms with van der Waals surface area (Å²) in [6.07, 6.45) is 0. The Hall–Kier alpha value is -3.26. The molecule has 0 bridgehead atoms. The highest BCUT2D eigenvalue weighted by molar-refractivity contribution is 6.30. The number of nitrogens with one attached hydrogen (secondary N) is 1. The molecule has 126 valence electrons. The number of primary amides is 1. The molecule has 0 aliphatic rings. The van der Waals surface area contributed by atoms with Crippen molar-refractivity contribution in [2.24, 2.45) is 5.73 Å². The highest BCUT2D eigenvalue weighted by Crippen LogP contribution is 2.25. The first kappa shape index (κ1) is 16.6. The SMILES string of the molecule is NC(=O)Cn1nnc(-c2ccccc2NC(=O)c2ccc(Cl)cc2)n1. The van der Waals surface area contributed by atoms with Crippen LogP contribution in [-0.2, 0) is 11.3 Å². The number of tetrazole rings is 1. The summed E-state index contributed by atoms with van der Waals surface area (Å²) in [6.45, 7) is -0.174. The van der Waals surface area contributed by atoms with Crippen LogP contribution in [0.3, 0.4) is 0 Å². The molecule has 2 amide bonds. The lowest BCUT2D eigenvalue weighted by Gasteiger charge is -2.08. The van der Waals surface area contributed by atoms with Crippen LogP contribution < -0.4 is 11.1 Å². The number of aromatic nitrogens is 4. The van der Waals surface area contributed by atoms with Crippen molar-refractivity contribution >= 4 is 29.1 Å². The zero-order valence-electron chi connectivity index (χ0n) is 12.9. The molecule has 25 heavy (non-hydrogen) atoms. The van der Waals surface area contributed by atoms with Crippen LogP contribution in [0.15, 0.2) is 48.5 Å². The van der Waals surface area contributed by atoms with E-state index in [2.05, 4.69) is 20.7 Å². The van der Waals surface area contributed by atoms with Gasteiger partial charge in [0.05, 0.1) is 5.69 Å². The van der Waals surface area contributed by atoms with Crippen molar-refractivity contribution in [1.29, 1.82) is 0 Å². The van der Waals surface area contributed by atoms with Gasteiger partial charge in [-0.15, -0.1) is 10.2 Å². The first-order valence-corrected chi connectivity index (χ1v) is 7.63. The monoisotopic (exact) mass is 356 g/mol. The molecule has 0 saturated carbocycles. The number of halogens is 1. The molecule has 3 aromatic rings. The minimum Gasteiger partial charge on any atom is -0.368 e. The number of nitrogens with two attached hydrogens (primary N) is 1. The van der Waals surface area contributed by atoms with Crippen molar-refractivity contribution < 1.29 is 9.59 Å². The van der Waals surface area contributed by atoms with Gasteiger partial charge >= 0.3 is 0 Å². The Labute approximate surface area is 147 Å². The molecule has 3 N–H and O–H groups in total. The summed E-state index contributed by atoms with van der Waals surface area (Å²) in [5, 5.41) is 15.1. The summed E-state index contributed by atoms with van der Waals surface area (Å²) < 4.78 is 0. The van der Waals surface area contributed by atoms with Gasteiger partial charge in [0.2, 0.25) is 11.7 Å². The number of hydrogen-bond acceptors (Lipinski definition) is 5. The van der Waals surface area contributed by atoms with E-state index >= 15 is 0 Å². The van der Waals surface area contributed by atoms with Crippen molar-refractivity contribution in [3.8, 4) is 11.4 Å². The van der Waals surface area contributed by atoms with Crippen molar-refractivity contribution in [3.63, 3.8) is 0 Å². The molecule has 8 nitrogen and oxygen atoms in total. The van der Waals surface area contributed by atoms with Crippen molar-refractivity contribution in [2.45, 2.75) is 6.54 Å². The fourth-order valence-corrected chi connectivity index (χ4v) is 2.27. The van der Waals surface area contributed by atoms with Gasteiger partial charge in [-0.1, -0.05) is 23.7 Å². The third-order valence-corrected chi connectivity index (χ3v) is 3.52. The van der Waals surface area contributed by atoms with Crippen molar-refractivity contribution in [3.05, 3.63) is 59.1 Å². The lowest BCUT2D eigenvalue weighted by Crippen LogP contribution is -2.20. The fourth-order valence-electron chi connectivity index (χ4n) is 2.14. The van der Waals surface area contributed by atoms with Crippen LogP contribution in [0, 0.1) is 0 Å². The third-order valence-electron chi connectivity index (χ3n) is 3.27. The van der Waals surface area contributed by atoms with Gasteiger partial charge in [-0.2, -0.15) is 4.80 Å². The molecule has 3 rings (SSSR count). The number of amides is 2. The molecule has 2 aromatic carbocycles. The Bertz CT molecular complexity index is 922. The summed E-state index contributed by atoms with van der Waals surface area (Å²) in [5.41, 5.74) is 6.66. The van der Waals surface area contributed by atoms with Gasteiger partial charge in [0.1, 0.15) is 6.54 Å². The molecule has 1 aromatic heterocycles. The molecule has 0 atom stereocenters. The summed E-state index contributed by atoms with van der Waals surface area (Å²) >= 11 is 5.83. The van der Waals surface area contributed by atoms with Gasteiger partial charge in [0, 0.05) is 16.1 Å². The second-order valence-electron chi connectivity index (χ2n) is 5.12.